The van der Waals surface area contributed by atoms with Gasteiger partial charge in [0.05, 0.1) is 27.7 Å². The Bertz CT molecular complexity index is 871. The Balaban J connectivity index is 1.85. The highest BCUT2D eigenvalue weighted by molar-refractivity contribution is 7.82. The number of likely N-dealkylation sites (tertiary alicyclic amines) is 1. The van der Waals surface area contributed by atoms with Crippen LogP contribution in [0.25, 0.3) is 0 Å². The first-order valence-electron chi connectivity index (χ1n) is 7.99. The lowest BCUT2D eigenvalue weighted by molar-refractivity contribution is -0.159. The van der Waals surface area contributed by atoms with Crippen molar-refractivity contribution in [1.29, 1.82) is 0 Å². The van der Waals surface area contributed by atoms with E-state index < -0.39 is 24.1 Å². The Hall–Kier alpha value is -1.47. The normalized spacial score (nSPS) is 22.1. The molecule has 0 bridgehead atoms. The summed E-state index contributed by atoms with van der Waals surface area (Å²) in [5, 5.41) is 0.860. The van der Waals surface area contributed by atoms with Gasteiger partial charge in [0.15, 0.2) is 12.1 Å². The van der Waals surface area contributed by atoms with Crippen molar-refractivity contribution in [3.63, 3.8) is 0 Å². The van der Waals surface area contributed by atoms with Crippen LogP contribution in [0.3, 0.4) is 0 Å². The molecule has 1 fully saturated rings. The molecule has 27 heavy (non-hydrogen) atoms. The van der Waals surface area contributed by atoms with E-state index in [1.807, 2.05) is 6.07 Å². The standard InChI is InChI=1S/C18H15Cl3N2O3S/c1-8(7-19)14(18(25)26-2)23-15-13(17(23)24)22-11(16(15)27)6-9-4-3-5-10(20)12(9)21/h3-5,13-15H,1,6-7H2,2H3. The van der Waals surface area contributed by atoms with Gasteiger partial charge in [-0.3, -0.25) is 9.79 Å². The van der Waals surface area contributed by atoms with Crippen molar-refractivity contribution >= 4 is 69.5 Å². The third-order valence-corrected chi connectivity index (χ3v) is 6.28. The molecule has 0 saturated carbocycles. The smallest absolute Gasteiger partial charge is 0.332 e. The van der Waals surface area contributed by atoms with E-state index in [2.05, 4.69) is 11.6 Å². The second-order valence-corrected chi connectivity index (χ2v) is 7.67. The van der Waals surface area contributed by atoms with Crippen LogP contribution in [0.4, 0.5) is 0 Å². The number of β-lactam (4-membered cyclic amide) rings is 1. The third kappa shape index (κ3) is 3.40. The molecule has 2 aliphatic rings. The summed E-state index contributed by atoms with van der Waals surface area (Å²) >= 11 is 23.7. The highest BCUT2D eigenvalue weighted by Crippen LogP contribution is 2.36. The number of thiocarbonyl (C=S) groups is 1. The summed E-state index contributed by atoms with van der Waals surface area (Å²) in [7, 11) is 1.24. The molecular formula is C18H15Cl3N2O3S. The highest BCUT2D eigenvalue weighted by atomic mass is 35.5. The fraction of sp³-hybridized carbons (Fsp3) is 0.333. The largest absolute Gasteiger partial charge is 0.467 e. The number of carbonyl (C=O) groups is 2. The number of esters is 1. The molecule has 2 aliphatic heterocycles. The molecule has 0 radical (unpaired) electrons. The van der Waals surface area contributed by atoms with E-state index in [0.29, 0.717) is 32.6 Å². The van der Waals surface area contributed by atoms with Crippen LogP contribution < -0.4 is 0 Å². The Labute approximate surface area is 176 Å². The lowest BCUT2D eigenvalue weighted by Crippen LogP contribution is -2.69. The second kappa shape index (κ2) is 7.87. The minimum absolute atomic E-state index is 0.0134. The second-order valence-electron chi connectivity index (χ2n) is 6.18. The molecule has 2 heterocycles. The number of methoxy groups -OCH3 is 1. The number of ether oxygens (including phenoxy) is 1. The molecular weight excluding hydrogens is 431 g/mol. The number of carbonyl (C=O) groups excluding carboxylic acids is 2. The van der Waals surface area contributed by atoms with Crippen LogP contribution in [0, 0.1) is 0 Å². The SMILES string of the molecule is C=C(CCl)C(C(=O)OC)N1C(=O)C2N=C(Cc3cccc(Cl)c3Cl)C(=S)C21. The topological polar surface area (TPSA) is 59.0 Å². The zero-order valence-electron chi connectivity index (χ0n) is 14.2. The van der Waals surface area contributed by atoms with Crippen LogP contribution in [0.15, 0.2) is 35.3 Å². The number of amides is 1. The van der Waals surface area contributed by atoms with E-state index in [1.165, 1.54) is 12.0 Å². The zero-order valence-corrected chi connectivity index (χ0v) is 17.3. The van der Waals surface area contributed by atoms with Crippen LogP contribution >= 0.6 is 47.0 Å². The Morgan fingerprint density at radius 1 is 1.44 bits per heavy atom. The summed E-state index contributed by atoms with van der Waals surface area (Å²) < 4.78 is 4.81. The van der Waals surface area contributed by atoms with Gasteiger partial charge in [0.2, 0.25) is 0 Å². The predicted octanol–water partition coefficient (Wildman–Crippen LogP) is 3.28. The van der Waals surface area contributed by atoms with Crippen LogP contribution in [0.1, 0.15) is 5.56 Å². The van der Waals surface area contributed by atoms with Crippen LogP contribution in [0.2, 0.25) is 10.0 Å². The van der Waals surface area contributed by atoms with E-state index in [0.717, 1.165) is 5.56 Å². The Morgan fingerprint density at radius 2 is 2.15 bits per heavy atom. The average molecular weight is 446 g/mol. The fourth-order valence-electron chi connectivity index (χ4n) is 3.24. The van der Waals surface area contributed by atoms with E-state index >= 15 is 0 Å². The number of alkyl halides is 1. The summed E-state index contributed by atoms with van der Waals surface area (Å²) in [4.78, 5) is 31.1. The maximum Gasteiger partial charge on any atom is 0.332 e. The van der Waals surface area contributed by atoms with Crippen molar-refractivity contribution in [2.24, 2.45) is 4.99 Å². The van der Waals surface area contributed by atoms with Gasteiger partial charge in [0, 0.05) is 12.3 Å². The molecule has 1 amide bonds. The lowest BCUT2D eigenvalue weighted by atomic mass is 9.89. The number of nitrogens with zero attached hydrogens (tertiary/aromatic N) is 2. The molecule has 0 spiro atoms. The molecule has 3 unspecified atom stereocenters. The molecule has 1 aromatic carbocycles. The fourth-order valence-corrected chi connectivity index (χ4v) is 4.14. The third-order valence-electron chi connectivity index (χ3n) is 4.60. The van der Waals surface area contributed by atoms with Crippen LogP contribution in [0.5, 0.6) is 0 Å². The Morgan fingerprint density at radius 3 is 2.78 bits per heavy atom. The molecule has 0 aromatic heterocycles. The number of aliphatic imine (C=N–C) groups is 1. The van der Waals surface area contributed by atoms with Gasteiger partial charge in [-0.2, -0.15) is 0 Å². The minimum atomic E-state index is -0.983. The maximum absolute atomic E-state index is 12.6. The van der Waals surface area contributed by atoms with E-state index in [-0.39, 0.29) is 11.8 Å². The van der Waals surface area contributed by atoms with Crippen LogP contribution in [-0.4, -0.2) is 58.5 Å². The van der Waals surface area contributed by atoms with Gasteiger partial charge < -0.3 is 9.64 Å². The summed E-state index contributed by atoms with van der Waals surface area (Å²) in [6.07, 6.45) is 0.353. The summed E-state index contributed by atoms with van der Waals surface area (Å²) in [5.74, 6) is -0.905. The quantitative estimate of drug-likeness (QED) is 0.222. The van der Waals surface area contributed by atoms with Crippen molar-refractivity contribution in [2.75, 3.05) is 13.0 Å². The minimum Gasteiger partial charge on any atom is -0.467 e. The number of benzene rings is 1. The Kier molecular flexibility index (Phi) is 5.91. The van der Waals surface area contributed by atoms with E-state index in [4.69, 9.17) is 51.8 Å². The monoisotopic (exact) mass is 444 g/mol. The van der Waals surface area contributed by atoms with Crippen molar-refractivity contribution in [3.05, 3.63) is 46.0 Å². The van der Waals surface area contributed by atoms with Gasteiger partial charge in [-0.15, -0.1) is 11.6 Å². The summed E-state index contributed by atoms with van der Waals surface area (Å²) in [6, 6.07) is 3.18. The van der Waals surface area contributed by atoms with Gasteiger partial charge in [-0.05, 0) is 17.2 Å². The van der Waals surface area contributed by atoms with Gasteiger partial charge in [-0.25, -0.2) is 4.79 Å². The summed E-state index contributed by atoms with van der Waals surface area (Å²) in [6.45, 7) is 3.79. The summed E-state index contributed by atoms with van der Waals surface area (Å²) in [5.41, 5.74) is 1.71. The van der Waals surface area contributed by atoms with Crippen molar-refractivity contribution < 1.29 is 14.3 Å². The number of hydrogen-bond donors (Lipinski definition) is 0. The van der Waals surface area contributed by atoms with Crippen LogP contribution in [-0.2, 0) is 20.7 Å². The van der Waals surface area contributed by atoms with Crippen molar-refractivity contribution in [2.45, 2.75) is 24.5 Å². The van der Waals surface area contributed by atoms with Crippen molar-refractivity contribution in [3.8, 4) is 0 Å². The molecule has 9 heteroatoms. The number of halogens is 3. The van der Waals surface area contributed by atoms with Gasteiger partial charge in [-0.1, -0.05) is 54.1 Å². The molecule has 142 valence electrons. The molecule has 1 aromatic rings. The number of rotatable bonds is 6. The predicted molar refractivity (Wildman–Crippen MR) is 110 cm³/mol. The first kappa shape index (κ1) is 20.3. The average Bonchev–Trinajstić information content (AvgIpc) is 2.94. The highest BCUT2D eigenvalue weighted by Gasteiger charge is 2.58. The van der Waals surface area contributed by atoms with Crippen molar-refractivity contribution in [1.82, 2.24) is 4.90 Å². The molecule has 1 saturated heterocycles. The van der Waals surface area contributed by atoms with E-state index in [9.17, 15) is 9.59 Å². The molecule has 0 aliphatic carbocycles. The number of hydrogen-bond acceptors (Lipinski definition) is 5. The molecule has 5 nitrogen and oxygen atoms in total. The maximum atomic E-state index is 12.6. The first-order chi connectivity index (χ1) is 12.8. The lowest BCUT2D eigenvalue weighted by Gasteiger charge is -2.45. The molecule has 3 rings (SSSR count). The zero-order chi connectivity index (χ0) is 19.9. The van der Waals surface area contributed by atoms with Gasteiger partial charge in [0.25, 0.3) is 5.91 Å². The van der Waals surface area contributed by atoms with E-state index in [1.54, 1.807) is 12.1 Å². The first-order valence-corrected chi connectivity index (χ1v) is 9.69. The number of fused-ring (bicyclic) bond motifs is 1. The molecule has 3 atom stereocenters. The van der Waals surface area contributed by atoms with Gasteiger partial charge >= 0.3 is 5.97 Å². The van der Waals surface area contributed by atoms with Gasteiger partial charge in [0.1, 0.15) is 6.04 Å². The molecule has 0 N–H and O–H groups in total.